The van der Waals surface area contributed by atoms with Crippen LogP contribution >= 0.6 is 0 Å². The molecule has 10 heteroatoms. The van der Waals surface area contributed by atoms with Crippen molar-refractivity contribution < 1.29 is 9.18 Å². The number of pyridine rings is 1. The van der Waals surface area contributed by atoms with Gasteiger partial charge in [-0.1, -0.05) is 6.07 Å². The monoisotopic (exact) mass is 474 g/mol. The van der Waals surface area contributed by atoms with Gasteiger partial charge in [-0.3, -0.25) is 9.78 Å². The first-order valence-electron chi connectivity index (χ1n) is 11.2. The third-order valence-electron chi connectivity index (χ3n) is 5.29. The number of hydrogen-bond donors (Lipinski definition) is 3. The molecule has 3 aromatic heterocycles. The Kier molecular flexibility index (Phi) is 7.00. The second-order valence-electron chi connectivity index (χ2n) is 8.27. The minimum Gasteiger partial charge on any atom is -0.373 e. The highest BCUT2D eigenvalue weighted by molar-refractivity contribution is 6.05. The van der Waals surface area contributed by atoms with Crippen LogP contribution in [0.3, 0.4) is 0 Å². The van der Waals surface area contributed by atoms with Crippen LogP contribution in [0.2, 0.25) is 0 Å². The number of rotatable bonds is 8. The van der Waals surface area contributed by atoms with E-state index in [1.807, 2.05) is 26.0 Å². The van der Waals surface area contributed by atoms with Crippen molar-refractivity contribution in [2.75, 3.05) is 23.0 Å². The van der Waals surface area contributed by atoms with Crippen molar-refractivity contribution in [2.24, 2.45) is 0 Å². The predicted molar refractivity (Wildman–Crippen MR) is 134 cm³/mol. The Balaban J connectivity index is 1.58. The number of halogens is 1. The predicted octanol–water partition coefficient (Wildman–Crippen LogP) is 4.61. The molecule has 4 aromatic rings. The van der Waals surface area contributed by atoms with E-state index in [2.05, 4.69) is 36.0 Å². The van der Waals surface area contributed by atoms with Gasteiger partial charge in [-0.25, -0.2) is 14.4 Å². The molecule has 0 saturated heterocycles. The summed E-state index contributed by atoms with van der Waals surface area (Å²) in [6.07, 6.45) is 3.86. The van der Waals surface area contributed by atoms with Gasteiger partial charge in [-0.2, -0.15) is 9.78 Å². The Bertz CT molecular complexity index is 1350. The number of anilines is 4. The lowest BCUT2D eigenvalue weighted by atomic mass is 10.1. The quantitative estimate of drug-likeness (QED) is 0.342. The lowest BCUT2D eigenvalue weighted by Gasteiger charge is -2.13. The van der Waals surface area contributed by atoms with Gasteiger partial charge in [-0.15, -0.1) is 0 Å². The topological polar surface area (TPSA) is 110 Å². The number of alkyl halides is 1. The van der Waals surface area contributed by atoms with E-state index < -0.39 is 6.17 Å². The zero-order valence-electron chi connectivity index (χ0n) is 20.0. The van der Waals surface area contributed by atoms with E-state index >= 15 is 0 Å². The summed E-state index contributed by atoms with van der Waals surface area (Å²) in [7, 11) is 1.79. The minimum atomic E-state index is -0.988. The lowest BCUT2D eigenvalue weighted by molar-refractivity contribution is 0.102. The van der Waals surface area contributed by atoms with Crippen molar-refractivity contribution in [2.45, 2.75) is 33.4 Å². The molecular weight excluding hydrogens is 447 g/mol. The van der Waals surface area contributed by atoms with E-state index in [-0.39, 0.29) is 12.3 Å². The van der Waals surface area contributed by atoms with Crippen molar-refractivity contribution in [1.82, 2.24) is 24.7 Å². The molecule has 0 spiro atoms. The van der Waals surface area contributed by atoms with Gasteiger partial charge in [0.05, 0.1) is 17.6 Å². The number of benzene rings is 1. The molecular formula is C25H27FN8O. The molecule has 4 rings (SSSR count). The zero-order chi connectivity index (χ0) is 24.9. The normalized spacial score (nSPS) is 11.7. The molecule has 0 aliphatic heterocycles. The van der Waals surface area contributed by atoms with Crippen LogP contribution < -0.4 is 16.0 Å². The van der Waals surface area contributed by atoms with Crippen LogP contribution in [-0.2, 0) is 6.42 Å². The Morgan fingerprint density at radius 1 is 1.11 bits per heavy atom. The van der Waals surface area contributed by atoms with Crippen LogP contribution in [-0.4, -0.2) is 43.9 Å². The number of amides is 1. The highest BCUT2D eigenvalue weighted by Gasteiger charge is 2.14. The number of carbonyl (C=O) groups excluding carboxylic acids is 1. The summed E-state index contributed by atoms with van der Waals surface area (Å²) >= 11 is 0. The Morgan fingerprint density at radius 2 is 1.94 bits per heavy atom. The average molecular weight is 475 g/mol. The largest absolute Gasteiger partial charge is 0.373 e. The highest BCUT2D eigenvalue weighted by Crippen LogP contribution is 2.25. The molecule has 0 radical (unpaired) electrons. The number of nitrogens with zero attached hydrogens (tertiary/aromatic N) is 5. The molecule has 3 N–H and O–H groups in total. The minimum absolute atomic E-state index is 0.241. The van der Waals surface area contributed by atoms with Crippen molar-refractivity contribution in [1.29, 1.82) is 0 Å². The first kappa shape index (κ1) is 23.8. The van der Waals surface area contributed by atoms with E-state index in [1.54, 1.807) is 48.4 Å². The SMILES string of the molecule is CNc1cc(-n2nc(C)cc2Nc2cc(C(=O)Nc3cncc(CC(C)F)c3)ccc2C)ncn1. The van der Waals surface area contributed by atoms with Crippen LogP contribution in [0.25, 0.3) is 5.82 Å². The Morgan fingerprint density at radius 3 is 2.71 bits per heavy atom. The van der Waals surface area contributed by atoms with Gasteiger partial charge in [0, 0.05) is 43.0 Å². The molecule has 9 nitrogen and oxygen atoms in total. The smallest absolute Gasteiger partial charge is 0.255 e. The van der Waals surface area contributed by atoms with Gasteiger partial charge in [-0.05, 0) is 50.1 Å². The summed E-state index contributed by atoms with van der Waals surface area (Å²) in [5.41, 5.74) is 4.20. The molecule has 0 bridgehead atoms. The number of aryl methyl sites for hydroxylation is 2. The first-order chi connectivity index (χ1) is 16.8. The molecule has 3 heterocycles. The summed E-state index contributed by atoms with van der Waals surface area (Å²) in [6, 6.07) is 10.8. The maximum Gasteiger partial charge on any atom is 0.255 e. The molecule has 1 atom stereocenters. The Hall–Kier alpha value is -4.34. The summed E-state index contributed by atoms with van der Waals surface area (Å²) in [6.45, 7) is 5.33. The molecule has 0 saturated carbocycles. The van der Waals surface area contributed by atoms with E-state index in [4.69, 9.17) is 0 Å². The molecule has 1 amide bonds. The number of hydrogen-bond acceptors (Lipinski definition) is 7. The van der Waals surface area contributed by atoms with Crippen molar-refractivity contribution in [3.8, 4) is 5.82 Å². The van der Waals surface area contributed by atoms with Gasteiger partial charge in [0.2, 0.25) is 0 Å². The third kappa shape index (κ3) is 5.78. The fraction of sp³-hybridized carbons (Fsp3) is 0.240. The van der Waals surface area contributed by atoms with Crippen LogP contribution in [0.1, 0.15) is 34.1 Å². The van der Waals surface area contributed by atoms with Crippen molar-refractivity contribution >= 4 is 28.9 Å². The second-order valence-corrected chi connectivity index (χ2v) is 8.27. The van der Waals surface area contributed by atoms with Crippen molar-refractivity contribution in [3.05, 3.63) is 77.5 Å². The van der Waals surface area contributed by atoms with Crippen molar-refractivity contribution in [3.63, 3.8) is 0 Å². The number of carbonyl (C=O) groups is 1. The van der Waals surface area contributed by atoms with E-state index in [1.165, 1.54) is 13.3 Å². The van der Waals surface area contributed by atoms with Crippen LogP contribution in [0.15, 0.2) is 55.1 Å². The molecule has 0 aliphatic carbocycles. The Labute approximate surface area is 202 Å². The zero-order valence-corrected chi connectivity index (χ0v) is 20.0. The fourth-order valence-corrected chi connectivity index (χ4v) is 3.59. The summed E-state index contributed by atoms with van der Waals surface area (Å²) in [4.78, 5) is 25.5. The molecule has 0 fully saturated rings. The standard InChI is InChI=1S/C25H27FN8O/c1-15-5-6-19(25(35)31-20-9-18(7-16(2)26)12-28-13-20)10-21(15)32-24-8-17(3)33-34(24)23-11-22(27-4)29-14-30-23/h5-6,8-14,16,32H,7H2,1-4H3,(H,31,35)(H,27,29,30). The van der Waals surface area contributed by atoms with Crippen LogP contribution in [0.5, 0.6) is 0 Å². The maximum absolute atomic E-state index is 13.3. The average Bonchev–Trinajstić information content (AvgIpc) is 3.20. The van der Waals surface area contributed by atoms with Crippen LogP contribution in [0, 0.1) is 13.8 Å². The third-order valence-corrected chi connectivity index (χ3v) is 5.29. The summed E-state index contributed by atoms with van der Waals surface area (Å²) in [5.74, 6) is 1.67. The first-order valence-corrected chi connectivity index (χ1v) is 11.2. The van der Waals surface area contributed by atoms with E-state index in [9.17, 15) is 9.18 Å². The molecule has 0 aliphatic rings. The molecule has 1 unspecified atom stereocenters. The van der Waals surface area contributed by atoms with Gasteiger partial charge in [0.25, 0.3) is 5.91 Å². The summed E-state index contributed by atoms with van der Waals surface area (Å²) < 4.78 is 15.0. The fourth-order valence-electron chi connectivity index (χ4n) is 3.59. The van der Waals surface area contributed by atoms with E-state index in [0.717, 1.165) is 22.5 Å². The highest BCUT2D eigenvalue weighted by atomic mass is 19.1. The van der Waals surface area contributed by atoms with Gasteiger partial charge in [0.15, 0.2) is 5.82 Å². The molecule has 1 aromatic carbocycles. The number of nitrogens with one attached hydrogen (secondary N) is 3. The lowest BCUT2D eigenvalue weighted by Crippen LogP contribution is -2.13. The molecule has 180 valence electrons. The molecule has 35 heavy (non-hydrogen) atoms. The number of aromatic nitrogens is 5. The maximum atomic E-state index is 13.3. The second kappa shape index (κ2) is 10.3. The van der Waals surface area contributed by atoms with E-state index in [0.29, 0.717) is 28.7 Å². The van der Waals surface area contributed by atoms with Gasteiger partial charge in [0.1, 0.15) is 24.1 Å². The van der Waals surface area contributed by atoms with Crippen LogP contribution in [0.4, 0.5) is 27.4 Å². The van der Waals surface area contributed by atoms with Gasteiger partial charge < -0.3 is 16.0 Å². The summed E-state index contributed by atoms with van der Waals surface area (Å²) in [5, 5.41) is 13.8. The van der Waals surface area contributed by atoms with Gasteiger partial charge >= 0.3 is 0 Å².